The molecule has 0 spiro atoms. The first-order valence-corrected chi connectivity index (χ1v) is 11.9. The average Bonchev–Trinajstić information content (AvgIpc) is 3.09. The standard InChI is InChI=1S/C22H27N3O3S/c26-22(17-23-12-14-24(15-13-23)19-7-3-1-4-8-19)25(20-9-5-2-6-10-20)21-11-16-29(27,28)18-21/h1-10,21H,11-18H2/t21-/m1/s1. The van der Waals surface area contributed by atoms with Gasteiger partial charge in [0.15, 0.2) is 9.84 Å². The van der Waals surface area contributed by atoms with Gasteiger partial charge in [-0.25, -0.2) is 8.42 Å². The lowest BCUT2D eigenvalue weighted by Gasteiger charge is -2.37. The van der Waals surface area contributed by atoms with Crippen LogP contribution >= 0.6 is 0 Å². The summed E-state index contributed by atoms with van der Waals surface area (Å²) in [5, 5.41) is 0. The number of hydrogen-bond acceptors (Lipinski definition) is 5. The molecular formula is C22H27N3O3S. The van der Waals surface area contributed by atoms with Gasteiger partial charge in [0, 0.05) is 37.6 Å². The molecule has 0 radical (unpaired) electrons. The van der Waals surface area contributed by atoms with Gasteiger partial charge in [-0.1, -0.05) is 36.4 Å². The fraction of sp³-hybridized carbons (Fsp3) is 0.409. The first-order valence-electron chi connectivity index (χ1n) is 10.1. The molecule has 2 heterocycles. The van der Waals surface area contributed by atoms with Crippen LogP contribution in [0, 0.1) is 0 Å². The SMILES string of the molecule is O=C(CN1CCN(c2ccccc2)CC1)N(c1ccccc1)[C@@H]1CCS(=O)(=O)C1. The van der Waals surface area contributed by atoms with Crippen molar-refractivity contribution in [3.8, 4) is 0 Å². The molecule has 6 nitrogen and oxygen atoms in total. The third-order valence-electron chi connectivity index (χ3n) is 5.73. The number of nitrogens with zero attached hydrogens (tertiary/aromatic N) is 3. The van der Waals surface area contributed by atoms with E-state index in [-0.39, 0.29) is 23.5 Å². The molecule has 2 aliphatic rings. The van der Waals surface area contributed by atoms with Gasteiger partial charge >= 0.3 is 0 Å². The van der Waals surface area contributed by atoms with Gasteiger partial charge in [0.1, 0.15) is 0 Å². The van der Waals surface area contributed by atoms with Crippen LogP contribution in [0.25, 0.3) is 0 Å². The summed E-state index contributed by atoms with van der Waals surface area (Å²) in [6, 6.07) is 19.5. The fourth-order valence-electron chi connectivity index (χ4n) is 4.20. The molecule has 0 unspecified atom stereocenters. The molecule has 0 bridgehead atoms. The number of para-hydroxylation sites is 2. The molecule has 2 aliphatic heterocycles. The minimum Gasteiger partial charge on any atom is -0.369 e. The number of anilines is 2. The number of sulfone groups is 1. The van der Waals surface area contributed by atoms with Crippen LogP contribution in [0.5, 0.6) is 0 Å². The Morgan fingerprint density at radius 2 is 1.55 bits per heavy atom. The Labute approximate surface area is 172 Å². The molecule has 1 amide bonds. The van der Waals surface area contributed by atoms with Crippen molar-refractivity contribution in [2.45, 2.75) is 12.5 Å². The number of carbonyl (C=O) groups excluding carboxylic acids is 1. The van der Waals surface area contributed by atoms with E-state index >= 15 is 0 Å². The highest BCUT2D eigenvalue weighted by molar-refractivity contribution is 7.91. The lowest BCUT2D eigenvalue weighted by molar-refractivity contribution is -0.120. The normalized spacial score (nSPS) is 21.8. The fourth-order valence-corrected chi connectivity index (χ4v) is 5.90. The van der Waals surface area contributed by atoms with E-state index in [0.717, 1.165) is 31.9 Å². The first-order chi connectivity index (χ1) is 14.0. The first kappa shape index (κ1) is 19.9. The maximum Gasteiger partial charge on any atom is 0.241 e. The van der Waals surface area contributed by atoms with E-state index in [9.17, 15) is 13.2 Å². The van der Waals surface area contributed by atoms with Crippen molar-refractivity contribution < 1.29 is 13.2 Å². The molecule has 4 rings (SSSR count). The lowest BCUT2D eigenvalue weighted by atomic mass is 10.1. The lowest BCUT2D eigenvalue weighted by Crippen LogP contribution is -2.52. The summed E-state index contributed by atoms with van der Waals surface area (Å²) in [4.78, 5) is 19.5. The van der Waals surface area contributed by atoms with Gasteiger partial charge in [-0.2, -0.15) is 0 Å². The molecular weight excluding hydrogens is 386 g/mol. The average molecular weight is 414 g/mol. The van der Waals surface area contributed by atoms with Crippen molar-refractivity contribution >= 4 is 27.1 Å². The Hall–Kier alpha value is -2.38. The molecule has 0 saturated carbocycles. The van der Waals surface area contributed by atoms with Gasteiger partial charge in [-0.3, -0.25) is 9.69 Å². The number of amides is 1. The van der Waals surface area contributed by atoms with Crippen LogP contribution in [-0.4, -0.2) is 69.5 Å². The highest BCUT2D eigenvalue weighted by atomic mass is 32.2. The van der Waals surface area contributed by atoms with Crippen LogP contribution < -0.4 is 9.80 Å². The zero-order chi connectivity index (χ0) is 20.3. The van der Waals surface area contributed by atoms with E-state index < -0.39 is 9.84 Å². The van der Waals surface area contributed by atoms with Crippen LogP contribution in [0.4, 0.5) is 11.4 Å². The Morgan fingerprint density at radius 1 is 0.931 bits per heavy atom. The summed E-state index contributed by atoms with van der Waals surface area (Å²) in [7, 11) is -3.07. The van der Waals surface area contributed by atoms with Gasteiger partial charge in [-0.15, -0.1) is 0 Å². The minimum absolute atomic E-state index is 0.0218. The highest BCUT2D eigenvalue weighted by Gasteiger charge is 2.36. The Balaban J connectivity index is 1.42. The molecule has 0 aromatic heterocycles. The van der Waals surface area contributed by atoms with Gasteiger partial charge in [0.2, 0.25) is 5.91 Å². The Kier molecular flexibility index (Phi) is 5.87. The molecule has 2 aromatic carbocycles. The number of piperazine rings is 1. The van der Waals surface area contributed by atoms with E-state index in [1.54, 1.807) is 4.90 Å². The van der Waals surface area contributed by atoms with Gasteiger partial charge in [0.05, 0.1) is 24.1 Å². The Morgan fingerprint density at radius 3 is 2.14 bits per heavy atom. The molecule has 2 saturated heterocycles. The number of hydrogen-bond donors (Lipinski definition) is 0. The second kappa shape index (κ2) is 8.55. The summed E-state index contributed by atoms with van der Waals surface area (Å²) in [5.74, 6) is 0.186. The van der Waals surface area contributed by atoms with Gasteiger partial charge in [0.25, 0.3) is 0 Å². The maximum atomic E-state index is 13.2. The third-order valence-corrected chi connectivity index (χ3v) is 7.48. The molecule has 2 fully saturated rings. The van der Waals surface area contributed by atoms with Crippen molar-refractivity contribution in [2.24, 2.45) is 0 Å². The predicted molar refractivity (Wildman–Crippen MR) is 116 cm³/mol. The highest BCUT2D eigenvalue weighted by Crippen LogP contribution is 2.25. The van der Waals surface area contributed by atoms with E-state index in [2.05, 4.69) is 21.9 Å². The van der Waals surface area contributed by atoms with Crippen LogP contribution in [-0.2, 0) is 14.6 Å². The van der Waals surface area contributed by atoms with Crippen LogP contribution in [0.3, 0.4) is 0 Å². The Bertz CT molecular complexity index is 926. The predicted octanol–water partition coefficient (Wildman–Crippen LogP) is 2.03. The van der Waals surface area contributed by atoms with Crippen molar-refractivity contribution in [1.29, 1.82) is 0 Å². The zero-order valence-corrected chi connectivity index (χ0v) is 17.3. The summed E-state index contributed by atoms with van der Waals surface area (Å²) in [6.45, 7) is 3.69. The summed E-state index contributed by atoms with van der Waals surface area (Å²) in [5.41, 5.74) is 1.99. The molecule has 154 valence electrons. The van der Waals surface area contributed by atoms with Crippen molar-refractivity contribution in [2.75, 3.05) is 54.0 Å². The maximum absolute atomic E-state index is 13.2. The summed E-state index contributed by atoms with van der Waals surface area (Å²) < 4.78 is 24.0. The second-order valence-corrected chi connectivity index (χ2v) is 9.98. The zero-order valence-electron chi connectivity index (χ0n) is 16.5. The molecule has 0 aliphatic carbocycles. The molecule has 0 N–H and O–H groups in total. The third kappa shape index (κ3) is 4.79. The van der Waals surface area contributed by atoms with Crippen molar-refractivity contribution in [3.63, 3.8) is 0 Å². The topological polar surface area (TPSA) is 60.9 Å². The summed E-state index contributed by atoms with van der Waals surface area (Å²) >= 11 is 0. The number of rotatable bonds is 5. The van der Waals surface area contributed by atoms with Crippen molar-refractivity contribution in [1.82, 2.24) is 4.90 Å². The summed E-state index contributed by atoms with van der Waals surface area (Å²) in [6.07, 6.45) is 0.505. The quantitative estimate of drug-likeness (QED) is 0.751. The molecule has 2 aromatic rings. The molecule has 29 heavy (non-hydrogen) atoms. The van der Waals surface area contributed by atoms with Gasteiger partial charge < -0.3 is 9.80 Å². The monoisotopic (exact) mass is 413 g/mol. The van der Waals surface area contributed by atoms with E-state index in [0.29, 0.717) is 13.0 Å². The second-order valence-electron chi connectivity index (χ2n) is 7.75. The molecule has 7 heteroatoms. The number of carbonyl (C=O) groups is 1. The number of benzene rings is 2. The van der Waals surface area contributed by atoms with Crippen molar-refractivity contribution in [3.05, 3.63) is 60.7 Å². The van der Waals surface area contributed by atoms with E-state index in [1.807, 2.05) is 48.5 Å². The minimum atomic E-state index is -3.07. The largest absolute Gasteiger partial charge is 0.369 e. The van der Waals surface area contributed by atoms with Crippen LogP contribution in [0.15, 0.2) is 60.7 Å². The van der Waals surface area contributed by atoms with Crippen LogP contribution in [0.2, 0.25) is 0 Å². The van der Waals surface area contributed by atoms with Gasteiger partial charge in [-0.05, 0) is 30.7 Å². The van der Waals surface area contributed by atoms with E-state index in [4.69, 9.17) is 0 Å². The smallest absolute Gasteiger partial charge is 0.241 e. The van der Waals surface area contributed by atoms with E-state index in [1.165, 1.54) is 5.69 Å². The van der Waals surface area contributed by atoms with Crippen LogP contribution in [0.1, 0.15) is 6.42 Å². The molecule has 1 atom stereocenters.